The minimum Gasteiger partial charge on any atom is -0.426 e. The van der Waals surface area contributed by atoms with E-state index in [1.54, 1.807) is 0 Å². The molecule has 1 atom stereocenters. The summed E-state index contributed by atoms with van der Waals surface area (Å²) < 4.78 is 0. The summed E-state index contributed by atoms with van der Waals surface area (Å²) in [7, 11) is -1.59. The molecule has 0 aromatic heterocycles. The van der Waals surface area contributed by atoms with E-state index in [4.69, 9.17) is 0 Å². The maximum Gasteiger partial charge on any atom is 0.475 e. The van der Waals surface area contributed by atoms with Crippen molar-refractivity contribution in [2.24, 2.45) is 11.8 Å². The summed E-state index contributed by atoms with van der Waals surface area (Å²) in [6.07, 6.45) is 4.38. The molecule has 1 saturated carbocycles. The third-order valence-corrected chi connectivity index (χ3v) is 3.58. The molecule has 114 valence electrons. The Labute approximate surface area is 120 Å². The molecular formula is C13H25BN2O4. The molecule has 7 heteroatoms. The zero-order valence-electron chi connectivity index (χ0n) is 12.3. The first-order chi connectivity index (χ1) is 9.40. The van der Waals surface area contributed by atoms with Gasteiger partial charge in [-0.1, -0.05) is 26.7 Å². The molecule has 1 aliphatic carbocycles. The van der Waals surface area contributed by atoms with E-state index in [0.29, 0.717) is 6.42 Å². The first-order valence-electron chi connectivity index (χ1n) is 7.33. The second-order valence-electron chi connectivity index (χ2n) is 5.92. The Morgan fingerprint density at radius 3 is 2.35 bits per heavy atom. The fourth-order valence-corrected chi connectivity index (χ4v) is 2.52. The highest BCUT2D eigenvalue weighted by Gasteiger charge is 2.27. The van der Waals surface area contributed by atoms with Gasteiger partial charge in [-0.15, -0.1) is 0 Å². The van der Waals surface area contributed by atoms with E-state index in [-0.39, 0.29) is 24.3 Å². The lowest BCUT2D eigenvalue weighted by molar-refractivity contribution is -0.128. The molecule has 0 saturated heterocycles. The van der Waals surface area contributed by atoms with Crippen LogP contribution < -0.4 is 10.6 Å². The van der Waals surface area contributed by atoms with E-state index >= 15 is 0 Å². The molecule has 0 aliphatic heterocycles. The SMILES string of the molecule is CC(C)C[C@H](NC(=O)CNC(=O)C1CCCC1)B(O)O. The summed E-state index contributed by atoms with van der Waals surface area (Å²) in [5, 5.41) is 23.6. The molecule has 0 unspecified atom stereocenters. The van der Waals surface area contributed by atoms with Crippen molar-refractivity contribution in [1.29, 1.82) is 0 Å². The van der Waals surface area contributed by atoms with Gasteiger partial charge >= 0.3 is 7.12 Å². The highest BCUT2D eigenvalue weighted by atomic mass is 16.4. The zero-order valence-corrected chi connectivity index (χ0v) is 12.3. The Morgan fingerprint density at radius 2 is 1.85 bits per heavy atom. The Bertz CT molecular complexity index is 330. The Morgan fingerprint density at radius 1 is 1.25 bits per heavy atom. The molecular weight excluding hydrogens is 259 g/mol. The molecule has 2 amide bonds. The van der Waals surface area contributed by atoms with Gasteiger partial charge in [0, 0.05) is 5.92 Å². The number of amides is 2. The van der Waals surface area contributed by atoms with Gasteiger partial charge in [-0.05, 0) is 25.2 Å². The van der Waals surface area contributed by atoms with Crippen LogP contribution in [0.2, 0.25) is 0 Å². The topological polar surface area (TPSA) is 98.7 Å². The Hall–Kier alpha value is -1.08. The minimum absolute atomic E-state index is 0.0256. The van der Waals surface area contributed by atoms with Gasteiger partial charge in [0.1, 0.15) is 0 Å². The van der Waals surface area contributed by atoms with Crippen LogP contribution in [0.15, 0.2) is 0 Å². The van der Waals surface area contributed by atoms with Crippen LogP contribution in [0.4, 0.5) is 0 Å². The van der Waals surface area contributed by atoms with Crippen molar-refractivity contribution >= 4 is 18.9 Å². The molecule has 1 fully saturated rings. The molecule has 0 aromatic carbocycles. The van der Waals surface area contributed by atoms with Crippen LogP contribution in [0.25, 0.3) is 0 Å². The summed E-state index contributed by atoms with van der Waals surface area (Å²) in [5.74, 6) is -0.920. The van der Waals surface area contributed by atoms with Gasteiger partial charge in [0.05, 0.1) is 12.5 Å². The van der Waals surface area contributed by atoms with Crippen molar-refractivity contribution < 1.29 is 19.6 Å². The first kappa shape index (κ1) is 17.0. The fourth-order valence-electron chi connectivity index (χ4n) is 2.52. The standard InChI is InChI=1S/C13H25BN2O4/c1-9(2)7-11(14(19)20)16-12(17)8-15-13(18)10-5-3-4-6-10/h9-11,19-20H,3-8H2,1-2H3,(H,15,18)(H,16,17)/t11-/m0/s1. The molecule has 6 nitrogen and oxygen atoms in total. The third-order valence-electron chi connectivity index (χ3n) is 3.58. The van der Waals surface area contributed by atoms with Crippen molar-refractivity contribution in [2.75, 3.05) is 6.54 Å². The van der Waals surface area contributed by atoms with E-state index in [2.05, 4.69) is 10.6 Å². The molecule has 0 aromatic rings. The highest BCUT2D eigenvalue weighted by Crippen LogP contribution is 2.24. The van der Waals surface area contributed by atoms with E-state index in [9.17, 15) is 19.6 Å². The molecule has 0 spiro atoms. The van der Waals surface area contributed by atoms with Gasteiger partial charge < -0.3 is 20.7 Å². The van der Waals surface area contributed by atoms with Crippen LogP contribution in [0, 0.1) is 11.8 Å². The summed E-state index contributed by atoms with van der Waals surface area (Å²) in [6.45, 7) is 3.75. The van der Waals surface area contributed by atoms with Crippen molar-refractivity contribution in [1.82, 2.24) is 10.6 Å². The minimum atomic E-state index is -1.59. The largest absolute Gasteiger partial charge is 0.475 e. The second kappa shape index (κ2) is 8.27. The second-order valence-corrected chi connectivity index (χ2v) is 5.92. The quantitative estimate of drug-likeness (QED) is 0.488. The average molecular weight is 284 g/mol. The molecule has 4 N–H and O–H groups in total. The summed E-state index contributed by atoms with van der Waals surface area (Å²) in [6, 6.07) is 0. The van der Waals surface area contributed by atoms with Gasteiger partial charge in [-0.25, -0.2) is 0 Å². The number of carbonyl (C=O) groups excluding carboxylic acids is 2. The van der Waals surface area contributed by atoms with Crippen LogP contribution in [0.3, 0.4) is 0 Å². The smallest absolute Gasteiger partial charge is 0.426 e. The van der Waals surface area contributed by atoms with Crippen molar-refractivity contribution in [3.8, 4) is 0 Å². The molecule has 20 heavy (non-hydrogen) atoms. The van der Waals surface area contributed by atoms with Crippen molar-refractivity contribution in [3.63, 3.8) is 0 Å². The van der Waals surface area contributed by atoms with Crippen LogP contribution in [-0.2, 0) is 9.59 Å². The van der Waals surface area contributed by atoms with E-state index < -0.39 is 19.0 Å². The Balaban J connectivity index is 2.32. The summed E-state index contributed by atoms with van der Waals surface area (Å²) in [4.78, 5) is 23.5. The van der Waals surface area contributed by atoms with Gasteiger partial charge in [0.25, 0.3) is 0 Å². The summed E-state index contributed by atoms with van der Waals surface area (Å²) in [5.41, 5.74) is 0. The van der Waals surface area contributed by atoms with Crippen LogP contribution in [0.5, 0.6) is 0 Å². The molecule has 1 rings (SSSR count). The molecule has 0 heterocycles. The van der Waals surface area contributed by atoms with Gasteiger partial charge in [0.2, 0.25) is 11.8 Å². The normalized spacial score (nSPS) is 17.1. The Kier molecular flexibility index (Phi) is 7.02. The van der Waals surface area contributed by atoms with Gasteiger partial charge in [0.15, 0.2) is 0 Å². The van der Waals surface area contributed by atoms with Crippen molar-refractivity contribution in [3.05, 3.63) is 0 Å². The number of nitrogens with one attached hydrogen (secondary N) is 2. The molecule has 0 radical (unpaired) electrons. The van der Waals surface area contributed by atoms with E-state index in [1.807, 2.05) is 13.8 Å². The van der Waals surface area contributed by atoms with E-state index in [1.165, 1.54) is 0 Å². The first-order valence-corrected chi connectivity index (χ1v) is 7.33. The molecule has 1 aliphatic rings. The monoisotopic (exact) mass is 284 g/mol. The highest BCUT2D eigenvalue weighted by molar-refractivity contribution is 6.43. The number of carbonyl (C=O) groups is 2. The predicted molar refractivity (Wildman–Crippen MR) is 76.5 cm³/mol. The van der Waals surface area contributed by atoms with Gasteiger partial charge in [-0.2, -0.15) is 0 Å². The van der Waals surface area contributed by atoms with Crippen molar-refractivity contribution in [2.45, 2.75) is 51.9 Å². The third kappa shape index (κ3) is 5.92. The molecule has 0 bridgehead atoms. The lowest BCUT2D eigenvalue weighted by atomic mass is 9.75. The zero-order chi connectivity index (χ0) is 15.1. The van der Waals surface area contributed by atoms with Crippen LogP contribution >= 0.6 is 0 Å². The van der Waals surface area contributed by atoms with Gasteiger partial charge in [-0.3, -0.25) is 9.59 Å². The van der Waals surface area contributed by atoms with E-state index in [0.717, 1.165) is 25.7 Å². The lowest BCUT2D eigenvalue weighted by Gasteiger charge is -2.20. The number of hydrogen-bond donors (Lipinski definition) is 4. The summed E-state index contributed by atoms with van der Waals surface area (Å²) >= 11 is 0. The number of hydrogen-bond acceptors (Lipinski definition) is 4. The fraction of sp³-hybridized carbons (Fsp3) is 0.846. The lowest BCUT2D eigenvalue weighted by Crippen LogP contribution is -2.50. The maximum absolute atomic E-state index is 11.8. The number of rotatable bonds is 7. The van der Waals surface area contributed by atoms with Crippen LogP contribution in [0.1, 0.15) is 46.0 Å². The average Bonchev–Trinajstić information content (AvgIpc) is 2.88. The maximum atomic E-state index is 11.8. The predicted octanol–water partition coefficient (Wildman–Crippen LogP) is -0.164. The van der Waals surface area contributed by atoms with Crippen LogP contribution in [-0.4, -0.2) is 41.5 Å².